The molecule has 8 rings (SSSR count). The van der Waals surface area contributed by atoms with Gasteiger partial charge in [-0.2, -0.15) is 0 Å². The van der Waals surface area contributed by atoms with Crippen LogP contribution in [0.15, 0.2) is 78.4 Å². The highest BCUT2D eigenvalue weighted by atomic mass is 32.1. The first-order valence-electron chi connectivity index (χ1n) is 11.1. The molecule has 0 saturated heterocycles. The second kappa shape index (κ2) is 6.19. The minimum atomic E-state index is 0.503. The first-order valence-corrected chi connectivity index (χ1v) is 12.7. The molecule has 0 fully saturated rings. The zero-order valence-corrected chi connectivity index (χ0v) is 18.9. The normalized spacial score (nSPS) is 17.0. The van der Waals surface area contributed by atoms with Gasteiger partial charge in [-0.1, -0.05) is 60.7 Å². The SMILES string of the molecule is C1=C2C=c3ccccc3=CC2Cc2sc3c(sc4cc5cc6ccccc6cc5cc43)c21. The van der Waals surface area contributed by atoms with E-state index in [1.165, 1.54) is 62.6 Å². The standard InChI is InChI=1S/C30H18S2/c1-3-7-19-11-23-15-27-25(13-21(23)9-17(19)5-1)29-30(31-27)26-14-22-10-18-6-2-4-8-20(18)12-24(22)16-28(26)32-29/h1-15,24H,16H2. The van der Waals surface area contributed by atoms with Crippen LogP contribution >= 0.6 is 22.7 Å². The van der Waals surface area contributed by atoms with Gasteiger partial charge < -0.3 is 0 Å². The molecule has 4 aromatic carbocycles. The van der Waals surface area contributed by atoms with Crippen LogP contribution in [-0.2, 0) is 6.42 Å². The van der Waals surface area contributed by atoms with E-state index < -0.39 is 0 Å². The van der Waals surface area contributed by atoms with E-state index in [0.717, 1.165) is 6.42 Å². The third kappa shape index (κ3) is 2.37. The molecule has 0 radical (unpaired) electrons. The molecule has 0 amide bonds. The third-order valence-electron chi connectivity index (χ3n) is 7.08. The maximum Gasteiger partial charge on any atom is 0.0538 e. The van der Waals surface area contributed by atoms with Crippen molar-refractivity contribution in [2.45, 2.75) is 6.42 Å². The van der Waals surface area contributed by atoms with Crippen molar-refractivity contribution in [3.05, 3.63) is 99.2 Å². The quantitative estimate of drug-likeness (QED) is 0.217. The summed E-state index contributed by atoms with van der Waals surface area (Å²) in [6.45, 7) is 0. The molecule has 2 aliphatic carbocycles. The van der Waals surface area contributed by atoms with Crippen LogP contribution in [0.3, 0.4) is 0 Å². The maximum atomic E-state index is 2.47. The Bertz CT molecular complexity index is 1910. The van der Waals surface area contributed by atoms with Crippen LogP contribution in [0.5, 0.6) is 0 Å². The van der Waals surface area contributed by atoms with Crippen molar-refractivity contribution < 1.29 is 0 Å². The number of thiophene rings is 2. The fraction of sp³-hybridized carbons (Fsp3) is 0.0667. The second-order valence-electron chi connectivity index (χ2n) is 8.99. The summed E-state index contributed by atoms with van der Waals surface area (Å²) >= 11 is 3.99. The molecule has 0 bridgehead atoms. The van der Waals surface area contributed by atoms with Crippen molar-refractivity contribution in [1.82, 2.24) is 0 Å². The molecule has 0 spiro atoms. The number of hydrogen-bond donors (Lipinski definition) is 0. The smallest absolute Gasteiger partial charge is 0.0538 e. The number of benzene rings is 4. The predicted octanol–water partition coefficient (Wildman–Crippen LogP) is 7.25. The molecule has 0 N–H and O–H groups in total. The average Bonchev–Trinajstić information content (AvgIpc) is 3.33. The topological polar surface area (TPSA) is 0 Å². The Kier molecular flexibility index (Phi) is 3.36. The molecule has 2 heteroatoms. The van der Waals surface area contributed by atoms with E-state index in [-0.39, 0.29) is 0 Å². The van der Waals surface area contributed by atoms with E-state index in [9.17, 15) is 0 Å². The van der Waals surface area contributed by atoms with Crippen LogP contribution in [0, 0.1) is 5.92 Å². The van der Waals surface area contributed by atoms with Gasteiger partial charge in [-0.3, -0.25) is 0 Å². The molecule has 0 aliphatic heterocycles. The predicted molar refractivity (Wildman–Crippen MR) is 142 cm³/mol. The fourth-order valence-electron chi connectivity index (χ4n) is 5.48. The van der Waals surface area contributed by atoms with Crippen LogP contribution in [0.25, 0.3) is 59.3 Å². The van der Waals surface area contributed by atoms with Crippen molar-refractivity contribution >= 4 is 81.9 Å². The van der Waals surface area contributed by atoms with Gasteiger partial charge in [-0.05, 0) is 74.3 Å². The Morgan fingerprint density at radius 1 is 0.656 bits per heavy atom. The monoisotopic (exact) mass is 442 g/mol. The highest BCUT2D eigenvalue weighted by Crippen LogP contribution is 2.48. The summed E-state index contributed by atoms with van der Waals surface area (Å²) in [5, 5.41) is 9.45. The van der Waals surface area contributed by atoms with Gasteiger partial charge in [0.25, 0.3) is 0 Å². The minimum absolute atomic E-state index is 0.503. The van der Waals surface area contributed by atoms with E-state index in [0.29, 0.717) is 5.92 Å². The lowest BCUT2D eigenvalue weighted by atomic mass is 9.84. The van der Waals surface area contributed by atoms with Crippen molar-refractivity contribution in [2.24, 2.45) is 5.92 Å². The number of rotatable bonds is 0. The van der Waals surface area contributed by atoms with Gasteiger partial charge in [0.1, 0.15) is 0 Å². The van der Waals surface area contributed by atoms with E-state index in [1.807, 2.05) is 22.7 Å². The molecule has 6 aromatic rings. The lowest BCUT2D eigenvalue weighted by Crippen LogP contribution is -2.30. The van der Waals surface area contributed by atoms with Crippen molar-refractivity contribution in [2.75, 3.05) is 0 Å². The number of hydrogen-bond acceptors (Lipinski definition) is 2. The van der Waals surface area contributed by atoms with E-state index in [2.05, 4.69) is 91.0 Å². The summed E-state index contributed by atoms with van der Waals surface area (Å²) in [5.41, 5.74) is 2.93. The zero-order valence-electron chi connectivity index (χ0n) is 17.3. The third-order valence-corrected chi connectivity index (χ3v) is 9.66. The Labute approximate surface area is 193 Å². The van der Waals surface area contributed by atoms with E-state index in [1.54, 1.807) is 4.88 Å². The Hall–Kier alpha value is -3.20. The molecular weight excluding hydrogens is 424 g/mol. The van der Waals surface area contributed by atoms with Gasteiger partial charge in [-0.25, -0.2) is 0 Å². The molecule has 0 nitrogen and oxygen atoms in total. The molecule has 0 saturated carbocycles. The van der Waals surface area contributed by atoms with Crippen molar-refractivity contribution in [3.8, 4) is 0 Å². The summed E-state index contributed by atoms with van der Waals surface area (Å²) in [7, 11) is 0. The van der Waals surface area contributed by atoms with Crippen LogP contribution in [0.1, 0.15) is 10.4 Å². The molecule has 2 heterocycles. The first-order chi connectivity index (χ1) is 15.8. The van der Waals surface area contributed by atoms with Crippen LogP contribution in [-0.4, -0.2) is 0 Å². The van der Waals surface area contributed by atoms with Gasteiger partial charge >= 0.3 is 0 Å². The summed E-state index contributed by atoms with van der Waals surface area (Å²) < 4.78 is 4.35. The first kappa shape index (κ1) is 17.4. The van der Waals surface area contributed by atoms with Crippen molar-refractivity contribution in [1.29, 1.82) is 0 Å². The molecule has 1 atom stereocenters. The molecular formula is C30H18S2. The van der Waals surface area contributed by atoms with Gasteiger partial charge in [0.05, 0.1) is 9.40 Å². The Morgan fingerprint density at radius 2 is 1.41 bits per heavy atom. The summed E-state index contributed by atoms with van der Waals surface area (Å²) in [5.74, 6) is 0.503. The van der Waals surface area contributed by atoms with Crippen molar-refractivity contribution in [3.63, 3.8) is 0 Å². The van der Waals surface area contributed by atoms with Crippen LogP contribution in [0.4, 0.5) is 0 Å². The average molecular weight is 443 g/mol. The summed E-state index contributed by atoms with van der Waals surface area (Å²) in [6.07, 6.45) is 8.46. The van der Waals surface area contributed by atoms with Crippen LogP contribution in [0.2, 0.25) is 0 Å². The Balaban J connectivity index is 1.38. The molecule has 2 aromatic heterocycles. The molecule has 150 valence electrons. The molecule has 2 aliphatic rings. The Morgan fingerprint density at radius 3 is 2.25 bits per heavy atom. The minimum Gasteiger partial charge on any atom is -0.138 e. The highest BCUT2D eigenvalue weighted by Gasteiger charge is 2.25. The van der Waals surface area contributed by atoms with E-state index in [4.69, 9.17) is 0 Å². The lowest BCUT2D eigenvalue weighted by molar-refractivity contribution is 0.820. The fourth-order valence-corrected chi connectivity index (χ4v) is 8.29. The van der Waals surface area contributed by atoms with Gasteiger partial charge in [0, 0.05) is 26.4 Å². The van der Waals surface area contributed by atoms with Gasteiger partial charge in [0.2, 0.25) is 0 Å². The second-order valence-corrected chi connectivity index (χ2v) is 11.1. The summed E-state index contributed by atoms with van der Waals surface area (Å²) in [6, 6.07) is 26.9. The zero-order chi connectivity index (χ0) is 20.8. The van der Waals surface area contributed by atoms with Gasteiger partial charge in [-0.15, -0.1) is 22.7 Å². The molecule has 1 unspecified atom stereocenters. The maximum absolute atomic E-state index is 2.47. The number of allylic oxidation sites excluding steroid dienone is 1. The van der Waals surface area contributed by atoms with E-state index >= 15 is 0 Å². The molecule has 32 heavy (non-hydrogen) atoms. The summed E-state index contributed by atoms with van der Waals surface area (Å²) in [4.78, 5) is 1.55. The van der Waals surface area contributed by atoms with Crippen LogP contribution < -0.4 is 10.4 Å². The van der Waals surface area contributed by atoms with Gasteiger partial charge in [0.15, 0.2) is 0 Å². The largest absolute Gasteiger partial charge is 0.138 e. The lowest BCUT2D eigenvalue weighted by Gasteiger charge is -2.22. The number of fused-ring (bicyclic) bond motifs is 9. The highest BCUT2D eigenvalue weighted by molar-refractivity contribution is 7.33.